The van der Waals surface area contributed by atoms with Crippen LogP contribution in [0.25, 0.3) is 22.7 Å². The van der Waals surface area contributed by atoms with E-state index in [9.17, 15) is 9.18 Å². The number of benzene rings is 2. The van der Waals surface area contributed by atoms with E-state index in [0.29, 0.717) is 16.8 Å². The van der Waals surface area contributed by atoms with Crippen molar-refractivity contribution in [2.24, 2.45) is 0 Å². The number of nitrogens with one attached hydrogen (secondary N) is 2. The number of carbonyl (C=O) groups is 1. The molecule has 0 saturated heterocycles. The second kappa shape index (κ2) is 8.61. The number of amides is 1. The molecule has 0 aliphatic rings. The Bertz CT molecular complexity index is 1220. The molecule has 5 nitrogen and oxygen atoms in total. The van der Waals surface area contributed by atoms with E-state index in [1.54, 1.807) is 39.8 Å². The van der Waals surface area contributed by atoms with Crippen LogP contribution >= 0.6 is 0 Å². The third kappa shape index (κ3) is 4.44. The third-order valence-corrected chi connectivity index (χ3v) is 5.16. The van der Waals surface area contributed by atoms with Crippen molar-refractivity contribution < 1.29 is 13.9 Å². The highest BCUT2D eigenvalue weighted by Gasteiger charge is 2.22. The van der Waals surface area contributed by atoms with Gasteiger partial charge in [0, 0.05) is 34.1 Å². The van der Waals surface area contributed by atoms with Crippen LogP contribution in [0.4, 0.5) is 14.9 Å². The molecule has 32 heavy (non-hydrogen) atoms. The first-order valence-electron chi connectivity index (χ1n) is 10.6. The van der Waals surface area contributed by atoms with Crippen LogP contribution in [0.3, 0.4) is 0 Å². The molecule has 0 aliphatic heterocycles. The minimum Gasteiger partial charge on any atom is -0.444 e. The maximum atomic E-state index is 14.0. The average Bonchev–Trinajstić information content (AvgIpc) is 3.01. The maximum absolute atomic E-state index is 14.0. The number of halogens is 1. The first kappa shape index (κ1) is 23.3. The molecule has 1 amide bonds. The molecule has 0 bridgehead atoms. The Hall–Kier alpha value is -3.41. The van der Waals surface area contributed by atoms with E-state index in [1.165, 1.54) is 12.3 Å². The summed E-state index contributed by atoms with van der Waals surface area (Å²) in [6.07, 6.45) is 2.41. The van der Waals surface area contributed by atoms with Crippen LogP contribution < -0.4 is 5.32 Å². The van der Waals surface area contributed by atoms with Crippen molar-refractivity contribution in [3.63, 3.8) is 0 Å². The van der Waals surface area contributed by atoms with Crippen molar-refractivity contribution in [2.45, 2.75) is 53.1 Å². The molecule has 6 heteroatoms. The van der Waals surface area contributed by atoms with E-state index in [4.69, 9.17) is 10.1 Å². The topological polar surface area (TPSA) is 67.1 Å². The van der Waals surface area contributed by atoms with E-state index in [1.807, 2.05) is 18.2 Å². The Kier molecular flexibility index (Phi) is 6.26. The zero-order valence-electron chi connectivity index (χ0n) is 19.5. The lowest BCUT2D eigenvalue weighted by Gasteiger charge is -2.20. The second-order valence-corrected chi connectivity index (χ2v) is 9.15. The number of hydrogen-bond acceptors (Lipinski definition) is 3. The summed E-state index contributed by atoms with van der Waals surface area (Å²) in [5.74, 6) is -0.115. The Labute approximate surface area is 188 Å². The van der Waals surface area contributed by atoms with Gasteiger partial charge in [-0.15, -0.1) is 0 Å². The van der Waals surface area contributed by atoms with Crippen molar-refractivity contribution in [3.8, 4) is 5.69 Å². The molecule has 3 aromatic rings. The average molecular weight is 436 g/mol. The minimum atomic E-state index is -0.639. The molecule has 0 fully saturated rings. The number of rotatable bonds is 5. The van der Waals surface area contributed by atoms with Crippen molar-refractivity contribution in [3.05, 3.63) is 65.1 Å². The van der Waals surface area contributed by atoms with E-state index in [0.717, 1.165) is 27.8 Å². The number of nitrogens with zero attached hydrogens (tertiary/aromatic N) is 1. The van der Waals surface area contributed by atoms with Gasteiger partial charge in [0.25, 0.3) is 0 Å². The normalized spacial score (nSPS) is 11.6. The van der Waals surface area contributed by atoms with E-state index >= 15 is 0 Å². The molecule has 0 spiro atoms. The lowest BCUT2D eigenvalue weighted by Crippen LogP contribution is -2.27. The molecule has 2 N–H and O–H groups in total. The number of carbonyl (C=O) groups excluding carboxylic acids is 1. The van der Waals surface area contributed by atoms with Gasteiger partial charge in [0.05, 0.1) is 11.2 Å². The number of fused-ring (bicyclic) bond motifs is 1. The van der Waals surface area contributed by atoms with Crippen LogP contribution in [0.1, 0.15) is 62.9 Å². The van der Waals surface area contributed by atoms with Gasteiger partial charge >= 0.3 is 6.09 Å². The molecule has 0 unspecified atom stereocenters. The fraction of sp³-hybridized carbons (Fsp3) is 0.308. The number of ether oxygens (including phenoxy) is 1. The van der Waals surface area contributed by atoms with Crippen LogP contribution in [-0.4, -0.2) is 22.5 Å². The van der Waals surface area contributed by atoms with Gasteiger partial charge in [0.15, 0.2) is 0 Å². The van der Waals surface area contributed by atoms with Gasteiger partial charge in [-0.25, -0.2) is 9.18 Å². The highest BCUT2D eigenvalue weighted by atomic mass is 19.1. The summed E-state index contributed by atoms with van der Waals surface area (Å²) >= 11 is 0. The molecular weight excluding hydrogens is 405 g/mol. The molecule has 0 atom stereocenters. The quantitative estimate of drug-likeness (QED) is 0.417. The van der Waals surface area contributed by atoms with Crippen LogP contribution in [-0.2, 0) is 4.74 Å². The zero-order valence-corrected chi connectivity index (χ0v) is 19.5. The van der Waals surface area contributed by atoms with Gasteiger partial charge in [-0.3, -0.25) is 5.32 Å². The summed E-state index contributed by atoms with van der Waals surface area (Å²) in [5.41, 5.74) is 4.55. The number of anilines is 1. The third-order valence-electron chi connectivity index (χ3n) is 5.16. The van der Waals surface area contributed by atoms with E-state index in [-0.39, 0.29) is 11.7 Å². The first-order chi connectivity index (χ1) is 15.0. The monoisotopic (exact) mass is 435 g/mol. The second-order valence-electron chi connectivity index (χ2n) is 9.15. The highest BCUT2D eigenvalue weighted by molar-refractivity contribution is 6.03. The molecule has 0 saturated carbocycles. The number of aromatic nitrogens is 1. The minimum absolute atomic E-state index is 0.145. The first-order valence-corrected chi connectivity index (χ1v) is 10.6. The summed E-state index contributed by atoms with van der Waals surface area (Å²) in [6, 6.07) is 8.72. The lowest BCUT2D eigenvalue weighted by atomic mass is 10.0. The van der Waals surface area contributed by atoms with Crippen molar-refractivity contribution in [1.82, 2.24) is 4.57 Å². The Balaban J connectivity index is 2.29. The highest BCUT2D eigenvalue weighted by Crippen LogP contribution is 2.37. The van der Waals surface area contributed by atoms with Crippen molar-refractivity contribution in [2.75, 3.05) is 5.32 Å². The van der Waals surface area contributed by atoms with Crippen LogP contribution in [0.15, 0.2) is 36.9 Å². The van der Waals surface area contributed by atoms with Crippen LogP contribution in [0.5, 0.6) is 0 Å². The van der Waals surface area contributed by atoms with Gasteiger partial charge in [0.1, 0.15) is 11.4 Å². The molecule has 3 rings (SSSR count). The summed E-state index contributed by atoms with van der Waals surface area (Å²) in [7, 11) is 0. The summed E-state index contributed by atoms with van der Waals surface area (Å²) in [6.45, 7) is 15.3. The molecule has 1 heterocycles. The predicted octanol–water partition coefficient (Wildman–Crippen LogP) is 7.19. The van der Waals surface area contributed by atoms with Gasteiger partial charge in [-0.05, 0) is 69.5 Å². The fourth-order valence-corrected chi connectivity index (χ4v) is 3.86. The van der Waals surface area contributed by atoms with Gasteiger partial charge in [-0.2, -0.15) is 0 Å². The van der Waals surface area contributed by atoms with Crippen LogP contribution in [0, 0.1) is 18.2 Å². The summed E-state index contributed by atoms with van der Waals surface area (Å²) in [4.78, 5) is 12.4. The number of hydrogen-bond donors (Lipinski definition) is 2. The predicted molar refractivity (Wildman–Crippen MR) is 130 cm³/mol. The Morgan fingerprint density at radius 3 is 2.47 bits per heavy atom. The fourth-order valence-electron chi connectivity index (χ4n) is 3.86. The van der Waals surface area contributed by atoms with Crippen molar-refractivity contribution >= 4 is 35.0 Å². The molecule has 2 aromatic carbocycles. The summed E-state index contributed by atoms with van der Waals surface area (Å²) in [5, 5.41) is 11.6. The van der Waals surface area contributed by atoms with Crippen molar-refractivity contribution in [1.29, 1.82) is 5.41 Å². The van der Waals surface area contributed by atoms with Crippen LogP contribution in [0.2, 0.25) is 0 Å². The molecular formula is C26H30FN3O2. The van der Waals surface area contributed by atoms with E-state index < -0.39 is 11.7 Å². The summed E-state index contributed by atoms with van der Waals surface area (Å²) < 4.78 is 21.4. The molecule has 0 aliphatic carbocycles. The molecule has 1 aromatic heterocycles. The smallest absolute Gasteiger partial charge is 0.412 e. The Morgan fingerprint density at radius 1 is 1.25 bits per heavy atom. The number of aryl methyl sites for hydroxylation is 1. The SMILES string of the molecule is C=Cc1c(C(C)C)n(-c2ccc(F)c(C)c2)c2cc(C=N)c(NC(=O)OC(C)(C)C)cc12. The van der Waals surface area contributed by atoms with E-state index in [2.05, 4.69) is 30.3 Å². The lowest BCUT2D eigenvalue weighted by molar-refractivity contribution is 0.0636. The Morgan fingerprint density at radius 2 is 1.94 bits per heavy atom. The van der Waals surface area contributed by atoms with Gasteiger partial charge < -0.3 is 14.7 Å². The standard InChI is InChI=1S/C26H30FN3O2/c1-8-19-20-13-22(29-25(31)32-26(5,6)7)17(14-28)12-23(20)30(24(19)15(2)3)18-9-10-21(27)16(4)11-18/h8-15,28H,1H2,2-7H3,(H,29,31). The zero-order chi connectivity index (χ0) is 23.8. The largest absolute Gasteiger partial charge is 0.444 e. The maximum Gasteiger partial charge on any atom is 0.412 e. The van der Waals surface area contributed by atoms with Gasteiger partial charge in [-0.1, -0.05) is 26.5 Å². The molecule has 0 radical (unpaired) electrons. The molecule has 168 valence electrons. The van der Waals surface area contributed by atoms with Gasteiger partial charge in [0.2, 0.25) is 0 Å².